The fourth-order valence-electron chi connectivity index (χ4n) is 1.17. The van der Waals surface area contributed by atoms with E-state index in [2.05, 4.69) is 5.10 Å². The second-order valence-corrected chi connectivity index (χ2v) is 4.08. The van der Waals surface area contributed by atoms with Crippen LogP contribution in [0.4, 0.5) is 0 Å². The average Bonchev–Trinajstić information content (AvgIpc) is 2.31. The van der Waals surface area contributed by atoms with E-state index >= 15 is 0 Å². The third-order valence-electron chi connectivity index (χ3n) is 2.00. The molecule has 2 rings (SSSR count). The molecule has 0 N–H and O–H groups in total. The Balaban J connectivity index is 2.13. The molecule has 12 heavy (non-hydrogen) atoms. The highest BCUT2D eigenvalue weighted by Crippen LogP contribution is 2.27. The first kappa shape index (κ1) is 7.86. The third kappa shape index (κ3) is 1.27. The van der Waals surface area contributed by atoms with Crippen LogP contribution in [0.3, 0.4) is 0 Å². The molecular formula is C8H10N2OS. The molecule has 0 bridgehead atoms. The standard InChI is InChI=1S/C8H10N2OS/c1-10-3-6(2-9-10)8(11)7-4-12-5-7/h2-3,7H,4-5H2,1H3. The molecule has 1 aliphatic heterocycles. The van der Waals surface area contributed by atoms with Crippen molar-refractivity contribution in [1.82, 2.24) is 9.78 Å². The Hall–Kier alpha value is -0.770. The van der Waals surface area contributed by atoms with Crippen molar-refractivity contribution in [2.75, 3.05) is 11.5 Å². The van der Waals surface area contributed by atoms with Crippen molar-refractivity contribution in [3.63, 3.8) is 0 Å². The van der Waals surface area contributed by atoms with Gasteiger partial charge in [-0.2, -0.15) is 16.9 Å². The van der Waals surface area contributed by atoms with Crippen molar-refractivity contribution in [1.29, 1.82) is 0 Å². The Morgan fingerprint density at radius 3 is 2.92 bits per heavy atom. The maximum absolute atomic E-state index is 11.6. The lowest BCUT2D eigenvalue weighted by Gasteiger charge is -2.22. The summed E-state index contributed by atoms with van der Waals surface area (Å²) < 4.78 is 1.67. The summed E-state index contributed by atoms with van der Waals surface area (Å²) in [6.07, 6.45) is 3.43. The van der Waals surface area contributed by atoms with Crippen molar-refractivity contribution < 1.29 is 4.79 Å². The fourth-order valence-corrected chi connectivity index (χ4v) is 1.95. The van der Waals surface area contributed by atoms with Gasteiger partial charge in [0.15, 0.2) is 5.78 Å². The van der Waals surface area contributed by atoms with Crippen LogP contribution in [0.15, 0.2) is 12.4 Å². The van der Waals surface area contributed by atoms with Crippen LogP contribution < -0.4 is 0 Å². The van der Waals surface area contributed by atoms with E-state index < -0.39 is 0 Å². The van der Waals surface area contributed by atoms with Crippen molar-refractivity contribution in [2.45, 2.75) is 0 Å². The van der Waals surface area contributed by atoms with Crippen LogP contribution in [-0.4, -0.2) is 27.1 Å². The summed E-state index contributed by atoms with van der Waals surface area (Å²) in [5.74, 6) is 2.46. The normalized spacial score (nSPS) is 17.4. The molecule has 0 radical (unpaired) electrons. The maximum Gasteiger partial charge on any atom is 0.170 e. The predicted molar refractivity (Wildman–Crippen MR) is 48.4 cm³/mol. The highest BCUT2D eigenvalue weighted by Gasteiger charge is 2.27. The summed E-state index contributed by atoms with van der Waals surface area (Å²) >= 11 is 1.83. The highest BCUT2D eigenvalue weighted by atomic mass is 32.2. The van der Waals surface area contributed by atoms with E-state index in [1.165, 1.54) is 0 Å². The fraction of sp³-hybridized carbons (Fsp3) is 0.500. The highest BCUT2D eigenvalue weighted by molar-refractivity contribution is 8.00. The minimum absolute atomic E-state index is 0.249. The van der Waals surface area contributed by atoms with Gasteiger partial charge in [-0.3, -0.25) is 9.48 Å². The van der Waals surface area contributed by atoms with Crippen molar-refractivity contribution in [2.24, 2.45) is 13.0 Å². The molecule has 0 aliphatic carbocycles. The zero-order chi connectivity index (χ0) is 8.55. The Bertz CT molecular complexity index is 304. The lowest BCUT2D eigenvalue weighted by molar-refractivity contribution is 0.0939. The Morgan fingerprint density at radius 2 is 2.50 bits per heavy atom. The summed E-state index contributed by atoms with van der Waals surface area (Å²) in [7, 11) is 1.83. The SMILES string of the molecule is Cn1cc(C(=O)C2CSC2)cn1. The van der Waals surface area contributed by atoms with Gasteiger partial charge in [-0.25, -0.2) is 0 Å². The lowest BCUT2D eigenvalue weighted by Crippen LogP contribution is -2.27. The number of carbonyl (C=O) groups excluding carboxylic acids is 1. The molecule has 0 atom stereocenters. The number of hydrogen-bond donors (Lipinski definition) is 0. The summed E-state index contributed by atoms with van der Waals surface area (Å²) in [6.45, 7) is 0. The minimum Gasteiger partial charge on any atom is -0.294 e. The average molecular weight is 182 g/mol. The molecule has 0 aromatic carbocycles. The van der Waals surface area contributed by atoms with Crippen LogP contribution in [0.2, 0.25) is 0 Å². The first-order valence-corrected chi connectivity index (χ1v) is 5.03. The van der Waals surface area contributed by atoms with E-state index in [0.717, 1.165) is 17.1 Å². The molecule has 0 amide bonds. The van der Waals surface area contributed by atoms with Gasteiger partial charge in [0.2, 0.25) is 0 Å². The third-order valence-corrected chi connectivity index (χ3v) is 3.27. The Morgan fingerprint density at radius 1 is 1.75 bits per heavy atom. The summed E-state index contributed by atoms with van der Waals surface area (Å²) in [6, 6.07) is 0. The molecule has 1 aromatic rings. The molecular weight excluding hydrogens is 172 g/mol. The number of ketones is 1. The van der Waals surface area contributed by atoms with Gasteiger partial charge in [0.1, 0.15) is 0 Å². The molecule has 1 fully saturated rings. The van der Waals surface area contributed by atoms with Crippen LogP contribution in [0.25, 0.3) is 0 Å². The first-order valence-electron chi connectivity index (χ1n) is 3.88. The van der Waals surface area contributed by atoms with Gasteiger partial charge in [-0.1, -0.05) is 0 Å². The maximum atomic E-state index is 11.6. The largest absolute Gasteiger partial charge is 0.294 e. The number of aromatic nitrogens is 2. The van der Waals surface area contributed by atoms with E-state index in [9.17, 15) is 4.79 Å². The molecule has 1 aliphatic rings. The number of hydrogen-bond acceptors (Lipinski definition) is 3. The van der Waals surface area contributed by atoms with Crippen LogP contribution >= 0.6 is 11.8 Å². The zero-order valence-corrected chi connectivity index (χ0v) is 7.67. The number of nitrogens with zero attached hydrogens (tertiary/aromatic N) is 2. The molecule has 3 nitrogen and oxygen atoms in total. The van der Waals surface area contributed by atoms with E-state index in [4.69, 9.17) is 0 Å². The summed E-state index contributed by atoms with van der Waals surface area (Å²) in [5, 5.41) is 3.97. The van der Waals surface area contributed by atoms with Gasteiger partial charge < -0.3 is 0 Å². The van der Waals surface area contributed by atoms with Crippen LogP contribution in [-0.2, 0) is 7.05 Å². The molecule has 1 saturated heterocycles. The molecule has 64 valence electrons. The lowest BCUT2D eigenvalue weighted by atomic mass is 10.0. The monoisotopic (exact) mass is 182 g/mol. The van der Waals surface area contributed by atoms with Gasteiger partial charge in [-0.15, -0.1) is 0 Å². The molecule has 0 unspecified atom stereocenters. The molecule has 4 heteroatoms. The minimum atomic E-state index is 0.249. The second kappa shape index (κ2) is 2.94. The molecule has 0 spiro atoms. The topological polar surface area (TPSA) is 34.9 Å². The van der Waals surface area contributed by atoms with Crippen molar-refractivity contribution in [3.8, 4) is 0 Å². The molecule has 0 saturated carbocycles. The van der Waals surface area contributed by atoms with E-state index in [0.29, 0.717) is 0 Å². The van der Waals surface area contributed by atoms with Crippen LogP contribution in [0.1, 0.15) is 10.4 Å². The number of carbonyl (C=O) groups is 1. The quantitative estimate of drug-likeness (QED) is 0.639. The van der Waals surface area contributed by atoms with Crippen LogP contribution in [0.5, 0.6) is 0 Å². The number of Topliss-reactive ketones (excluding diaryl/α,β-unsaturated/α-hetero) is 1. The van der Waals surface area contributed by atoms with Crippen molar-refractivity contribution >= 4 is 17.5 Å². The van der Waals surface area contributed by atoms with Crippen LogP contribution in [0, 0.1) is 5.92 Å². The Labute approximate surface area is 75.1 Å². The predicted octanol–water partition coefficient (Wildman–Crippen LogP) is 0.966. The van der Waals surface area contributed by atoms with Gasteiger partial charge in [0.05, 0.1) is 11.8 Å². The van der Waals surface area contributed by atoms with Crippen molar-refractivity contribution in [3.05, 3.63) is 18.0 Å². The second-order valence-electron chi connectivity index (χ2n) is 3.00. The van der Waals surface area contributed by atoms with Gasteiger partial charge >= 0.3 is 0 Å². The van der Waals surface area contributed by atoms with Gasteiger partial charge in [0.25, 0.3) is 0 Å². The molecule has 1 aromatic heterocycles. The number of rotatable bonds is 2. The summed E-state index contributed by atoms with van der Waals surface area (Å²) in [5.41, 5.74) is 0.753. The van der Waals surface area contributed by atoms with Gasteiger partial charge in [0, 0.05) is 30.7 Å². The molecule has 2 heterocycles. The Kier molecular flexibility index (Phi) is 1.92. The van der Waals surface area contributed by atoms with Gasteiger partial charge in [-0.05, 0) is 0 Å². The van der Waals surface area contributed by atoms with E-state index in [-0.39, 0.29) is 11.7 Å². The zero-order valence-electron chi connectivity index (χ0n) is 6.86. The van der Waals surface area contributed by atoms with E-state index in [1.54, 1.807) is 17.1 Å². The number of thioether (sulfide) groups is 1. The summed E-state index contributed by atoms with van der Waals surface area (Å²) in [4.78, 5) is 11.6. The smallest absolute Gasteiger partial charge is 0.170 e. The van der Waals surface area contributed by atoms with E-state index in [1.807, 2.05) is 18.8 Å². The number of aryl methyl sites for hydroxylation is 1. The first-order chi connectivity index (χ1) is 5.77.